The number of nitrogens with zero attached hydrogens (tertiary/aromatic N) is 1. The second kappa shape index (κ2) is 7.44. The highest BCUT2D eigenvalue weighted by atomic mass is 16.1. The van der Waals surface area contributed by atoms with E-state index in [0.717, 1.165) is 35.5 Å². The van der Waals surface area contributed by atoms with Gasteiger partial charge in [0.2, 0.25) is 5.91 Å². The van der Waals surface area contributed by atoms with Gasteiger partial charge in [-0.15, -0.1) is 0 Å². The zero-order valence-electron chi connectivity index (χ0n) is 13.6. The summed E-state index contributed by atoms with van der Waals surface area (Å²) in [7, 11) is 0. The van der Waals surface area contributed by atoms with Crippen molar-refractivity contribution in [2.45, 2.75) is 6.42 Å². The lowest BCUT2D eigenvalue weighted by Crippen LogP contribution is -2.08. The Bertz CT molecular complexity index is 870. The number of hydrogen-bond donors (Lipinski definition) is 4. The highest BCUT2D eigenvalue weighted by Gasteiger charge is 2.10. The molecule has 0 atom stereocenters. The number of carbonyl (C=O) groups excluding carboxylic acids is 1. The third-order valence-corrected chi connectivity index (χ3v) is 3.99. The Kier molecular flexibility index (Phi) is 4.89. The first kappa shape index (κ1) is 16.4. The van der Waals surface area contributed by atoms with Crippen molar-refractivity contribution in [3.63, 3.8) is 0 Å². The predicted octanol–water partition coefficient (Wildman–Crippen LogP) is 2.65. The summed E-state index contributed by atoms with van der Waals surface area (Å²) in [5.41, 5.74) is 10.7. The first-order chi connectivity index (χ1) is 12.2. The van der Waals surface area contributed by atoms with E-state index < -0.39 is 0 Å². The van der Waals surface area contributed by atoms with Gasteiger partial charge in [0.15, 0.2) is 0 Å². The van der Waals surface area contributed by atoms with E-state index in [2.05, 4.69) is 15.6 Å². The standard InChI is InChI=1S/C19H19N5O/c20-10-15(11-21)17-6-7-22-12-14(17)1-4-19(25)24-16-2-3-18-13(9-16)5-8-23-18/h1-4,6-7,9-12,20,23H,5,8,21H2,(H,24,25)/b4-1+,15-11?,20-10?. The number of aromatic nitrogens is 1. The van der Waals surface area contributed by atoms with E-state index in [1.54, 1.807) is 24.5 Å². The van der Waals surface area contributed by atoms with Crippen LogP contribution in [0, 0.1) is 5.41 Å². The second-order valence-electron chi connectivity index (χ2n) is 5.60. The Hall–Kier alpha value is -3.41. The maximum Gasteiger partial charge on any atom is 0.248 e. The topological polar surface area (TPSA) is 104 Å². The summed E-state index contributed by atoms with van der Waals surface area (Å²) in [6, 6.07) is 7.60. The maximum absolute atomic E-state index is 12.2. The molecule has 3 rings (SSSR count). The molecule has 1 amide bonds. The summed E-state index contributed by atoms with van der Waals surface area (Å²) in [6.45, 7) is 0.931. The van der Waals surface area contributed by atoms with Crippen LogP contribution in [0.5, 0.6) is 0 Å². The molecule has 0 bridgehead atoms. The number of amides is 1. The number of hydrogen-bond acceptors (Lipinski definition) is 5. The largest absolute Gasteiger partial charge is 0.404 e. The van der Waals surface area contributed by atoms with Crippen LogP contribution in [0.2, 0.25) is 0 Å². The first-order valence-corrected chi connectivity index (χ1v) is 7.94. The summed E-state index contributed by atoms with van der Waals surface area (Å²) >= 11 is 0. The van der Waals surface area contributed by atoms with Gasteiger partial charge in [0.05, 0.1) is 0 Å². The van der Waals surface area contributed by atoms with Gasteiger partial charge in [-0.2, -0.15) is 0 Å². The van der Waals surface area contributed by atoms with Crippen LogP contribution in [-0.2, 0) is 11.2 Å². The molecule has 0 radical (unpaired) electrons. The van der Waals surface area contributed by atoms with Crippen LogP contribution in [0.1, 0.15) is 16.7 Å². The average molecular weight is 333 g/mol. The normalized spacial score (nSPS) is 13.4. The summed E-state index contributed by atoms with van der Waals surface area (Å²) in [5.74, 6) is -0.228. The Morgan fingerprint density at radius 3 is 3.04 bits per heavy atom. The Morgan fingerprint density at radius 2 is 2.24 bits per heavy atom. The predicted molar refractivity (Wildman–Crippen MR) is 101 cm³/mol. The minimum absolute atomic E-state index is 0.228. The summed E-state index contributed by atoms with van der Waals surface area (Å²) < 4.78 is 0. The molecule has 1 aliphatic rings. The van der Waals surface area contributed by atoms with Crippen LogP contribution >= 0.6 is 0 Å². The lowest BCUT2D eigenvalue weighted by molar-refractivity contribution is -0.111. The van der Waals surface area contributed by atoms with E-state index in [1.165, 1.54) is 24.1 Å². The number of benzene rings is 1. The molecule has 126 valence electrons. The van der Waals surface area contributed by atoms with E-state index >= 15 is 0 Å². The molecule has 0 unspecified atom stereocenters. The highest BCUT2D eigenvalue weighted by Crippen LogP contribution is 2.25. The number of allylic oxidation sites excluding steroid dienone is 1. The van der Waals surface area contributed by atoms with Gasteiger partial charge in [0.1, 0.15) is 0 Å². The van der Waals surface area contributed by atoms with Crippen LogP contribution in [0.4, 0.5) is 11.4 Å². The Balaban J connectivity index is 1.74. The van der Waals surface area contributed by atoms with Crippen molar-refractivity contribution in [3.8, 4) is 0 Å². The van der Waals surface area contributed by atoms with Crippen LogP contribution in [-0.4, -0.2) is 23.7 Å². The van der Waals surface area contributed by atoms with Gasteiger partial charge < -0.3 is 21.8 Å². The molecule has 1 aliphatic heterocycles. The molecule has 1 aromatic heterocycles. The minimum Gasteiger partial charge on any atom is -0.404 e. The quantitative estimate of drug-likeness (QED) is 0.499. The zero-order chi connectivity index (χ0) is 17.6. The molecule has 1 aromatic carbocycles. The molecule has 6 nitrogen and oxygen atoms in total. The molecule has 5 N–H and O–H groups in total. The molecular formula is C19H19N5O. The molecular weight excluding hydrogens is 314 g/mol. The van der Waals surface area contributed by atoms with Gasteiger partial charge in [0, 0.05) is 59.9 Å². The number of rotatable bonds is 5. The van der Waals surface area contributed by atoms with Gasteiger partial charge in [-0.3, -0.25) is 9.78 Å². The number of carbonyl (C=O) groups is 1. The van der Waals surface area contributed by atoms with Crippen LogP contribution < -0.4 is 16.4 Å². The molecule has 0 saturated carbocycles. The molecule has 0 fully saturated rings. The lowest BCUT2D eigenvalue weighted by Gasteiger charge is -2.06. The number of anilines is 2. The van der Waals surface area contributed by atoms with Crippen molar-refractivity contribution in [3.05, 3.63) is 65.6 Å². The van der Waals surface area contributed by atoms with Crippen LogP contribution in [0.15, 0.2) is 48.9 Å². The third kappa shape index (κ3) is 3.74. The van der Waals surface area contributed by atoms with E-state index in [-0.39, 0.29) is 5.91 Å². The lowest BCUT2D eigenvalue weighted by atomic mass is 10.0. The second-order valence-corrected chi connectivity index (χ2v) is 5.60. The van der Waals surface area contributed by atoms with Crippen molar-refractivity contribution in [1.29, 1.82) is 5.41 Å². The molecule has 0 aliphatic carbocycles. The van der Waals surface area contributed by atoms with E-state index in [1.807, 2.05) is 18.2 Å². The van der Waals surface area contributed by atoms with Gasteiger partial charge in [-0.05, 0) is 47.9 Å². The summed E-state index contributed by atoms with van der Waals surface area (Å²) in [6.07, 6.45) is 9.87. The minimum atomic E-state index is -0.228. The van der Waals surface area contributed by atoms with Gasteiger partial charge in [-0.25, -0.2) is 0 Å². The monoisotopic (exact) mass is 333 g/mol. The van der Waals surface area contributed by atoms with E-state index in [0.29, 0.717) is 5.57 Å². The molecule has 2 aromatic rings. The van der Waals surface area contributed by atoms with Crippen molar-refractivity contribution in [1.82, 2.24) is 4.98 Å². The van der Waals surface area contributed by atoms with Crippen molar-refractivity contribution in [2.75, 3.05) is 17.2 Å². The number of fused-ring (bicyclic) bond motifs is 1. The summed E-state index contributed by atoms with van der Waals surface area (Å²) in [5, 5.41) is 13.6. The fourth-order valence-electron chi connectivity index (χ4n) is 2.75. The smallest absolute Gasteiger partial charge is 0.248 e. The van der Waals surface area contributed by atoms with E-state index in [9.17, 15) is 4.79 Å². The number of pyridine rings is 1. The fourth-order valence-corrected chi connectivity index (χ4v) is 2.75. The fraction of sp³-hybridized carbons (Fsp3) is 0.105. The summed E-state index contributed by atoms with van der Waals surface area (Å²) in [4.78, 5) is 16.3. The van der Waals surface area contributed by atoms with Crippen molar-refractivity contribution < 1.29 is 4.79 Å². The molecule has 2 heterocycles. The molecule has 0 saturated heterocycles. The average Bonchev–Trinajstić information content (AvgIpc) is 3.10. The Labute approximate surface area is 146 Å². The SMILES string of the molecule is N=CC(=CN)c1ccncc1/C=C/C(=O)Nc1ccc2c(c1)CCN2. The zero-order valence-corrected chi connectivity index (χ0v) is 13.6. The maximum atomic E-state index is 12.2. The Morgan fingerprint density at radius 1 is 1.36 bits per heavy atom. The van der Waals surface area contributed by atoms with E-state index in [4.69, 9.17) is 11.1 Å². The molecule has 0 spiro atoms. The number of nitrogens with two attached hydrogens (primary N) is 1. The number of nitrogens with one attached hydrogen (secondary N) is 3. The van der Waals surface area contributed by atoms with Gasteiger partial charge in [0.25, 0.3) is 0 Å². The van der Waals surface area contributed by atoms with Crippen LogP contribution in [0.25, 0.3) is 11.6 Å². The van der Waals surface area contributed by atoms with Gasteiger partial charge >= 0.3 is 0 Å². The first-order valence-electron chi connectivity index (χ1n) is 7.94. The molecule has 6 heteroatoms. The van der Waals surface area contributed by atoms with Crippen molar-refractivity contribution in [2.24, 2.45) is 5.73 Å². The van der Waals surface area contributed by atoms with Crippen molar-refractivity contribution >= 4 is 35.1 Å². The third-order valence-electron chi connectivity index (χ3n) is 3.99. The highest BCUT2D eigenvalue weighted by molar-refractivity contribution is 6.10. The van der Waals surface area contributed by atoms with Crippen LogP contribution in [0.3, 0.4) is 0 Å². The molecule has 25 heavy (non-hydrogen) atoms. The van der Waals surface area contributed by atoms with Gasteiger partial charge in [-0.1, -0.05) is 0 Å².